The second-order valence-corrected chi connectivity index (χ2v) is 9.97. The van der Waals surface area contributed by atoms with Crippen molar-refractivity contribution >= 4 is 35.5 Å². The van der Waals surface area contributed by atoms with Crippen molar-refractivity contribution < 1.29 is 27.5 Å². The maximum atomic E-state index is 13.2. The zero-order valence-corrected chi connectivity index (χ0v) is 22.6. The van der Waals surface area contributed by atoms with E-state index < -0.39 is 18.6 Å². The minimum Gasteiger partial charge on any atom is -0.497 e. The Morgan fingerprint density at radius 2 is 1.92 bits per heavy atom. The van der Waals surface area contributed by atoms with E-state index in [0.29, 0.717) is 42.5 Å². The maximum absolute atomic E-state index is 13.2. The topological polar surface area (TPSA) is 66.8 Å². The number of nitrogens with zero attached hydrogens (tertiary/aromatic N) is 3. The van der Waals surface area contributed by atoms with Crippen molar-refractivity contribution in [2.45, 2.75) is 19.5 Å². The van der Waals surface area contributed by atoms with E-state index in [1.54, 1.807) is 13.2 Å². The summed E-state index contributed by atoms with van der Waals surface area (Å²) in [7, 11) is 5.38. The first-order valence-corrected chi connectivity index (χ1v) is 12.7. The van der Waals surface area contributed by atoms with Crippen LogP contribution in [0.25, 0.3) is 23.7 Å². The van der Waals surface area contributed by atoms with Crippen LogP contribution in [0.1, 0.15) is 33.3 Å². The van der Waals surface area contributed by atoms with Crippen LogP contribution in [0, 0.1) is 5.92 Å². The van der Waals surface area contributed by atoms with E-state index in [9.17, 15) is 22.8 Å². The standard InChI is InChI=1S/C29H33F3N4O3/c1-6-22-23(27(37)33-17-29(30,31)32)10-7-18(2)24(22)16-34(3)13-19-14-36(15-19)28(38)26-11-20-8-9-21(39-5)12-25(20)35(26)4/h7-12,16,19H,2,6,13-15,17H2,1,3-5H3,(H,33,37)/b24-16+. The van der Waals surface area contributed by atoms with Gasteiger partial charge in [-0.05, 0) is 41.5 Å². The Labute approximate surface area is 225 Å². The number of hydrogen-bond donors (Lipinski definition) is 1. The molecule has 4 rings (SSSR count). The van der Waals surface area contributed by atoms with Crippen LogP contribution < -0.4 is 20.5 Å². The van der Waals surface area contributed by atoms with Gasteiger partial charge in [0.15, 0.2) is 0 Å². The van der Waals surface area contributed by atoms with Gasteiger partial charge in [-0.25, -0.2) is 0 Å². The monoisotopic (exact) mass is 542 g/mol. The van der Waals surface area contributed by atoms with Crippen LogP contribution in [-0.2, 0) is 13.5 Å². The summed E-state index contributed by atoms with van der Waals surface area (Å²) in [5.74, 6) is 0.194. The molecule has 1 aliphatic rings. The van der Waals surface area contributed by atoms with E-state index in [1.807, 2.05) is 71.2 Å². The lowest BCUT2D eigenvalue weighted by molar-refractivity contribution is -0.123. The van der Waals surface area contributed by atoms with E-state index in [4.69, 9.17) is 4.74 Å². The molecule has 0 atom stereocenters. The van der Waals surface area contributed by atoms with E-state index >= 15 is 0 Å². The van der Waals surface area contributed by atoms with E-state index in [0.717, 1.165) is 21.9 Å². The van der Waals surface area contributed by atoms with Gasteiger partial charge in [0.1, 0.15) is 18.0 Å². The first-order valence-electron chi connectivity index (χ1n) is 12.7. The lowest BCUT2D eigenvalue weighted by atomic mass is 9.98. The summed E-state index contributed by atoms with van der Waals surface area (Å²) in [5, 5.41) is 4.33. The SMILES string of the molecule is C=c1ccc(C(=O)NCC(F)(F)F)c(CC)/c1=C/N(C)CC1CN(C(=O)c2cc3ccc(OC)cc3n2C)C1. The van der Waals surface area contributed by atoms with Crippen molar-refractivity contribution in [3.05, 3.63) is 63.7 Å². The number of carbonyl (C=O) groups is 2. The summed E-state index contributed by atoms with van der Waals surface area (Å²) >= 11 is 0. The largest absolute Gasteiger partial charge is 0.497 e. The number of benzene rings is 2. The molecule has 0 radical (unpaired) electrons. The second kappa shape index (κ2) is 11.0. The first kappa shape index (κ1) is 28.1. The summed E-state index contributed by atoms with van der Waals surface area (Å²) < 4.78 is 45.0. The molecule has 10 heteroatoms. The van der Waals surface area contributed by atoms with Gasteiger partial charge in [0.05, 0.1) is 12.6 Å². The normalized spacial score (nSPS) is 14.4. The van der Waals surface area contributed by atoms with Crippen LogP contribution in [0.2, 0.25) is 0 Å². The van der Waals surface area contributed by atoms with Crippen molar-refractivity contribution in [2.24, 2.45) is 13.0 Å². The van der Waals surface area contributed by atoms with Gasteiger partial charge in [0.25, 0.3) is 11.8 Å². The Morgan fingerprint density at radius 3 is 2.56 bits per heavy atom. The number of amides is 2. The molecule has 1 aromatic heterocycles. The molecule has 0 saturated carbocycles. The van der Waals surface area contributed by atoms with Crippen LogP contribution in [0.3, 0.4) is 0 Å². The molecule has 3 aromatic rings. The molecule has 1 saturated heterocycles. The maximum Gasteiger partial charge on any atom is 0.405 e. The minimum absolute atomic E-state index is 0.0265. The average molecular weight is 543 g/mol. The molecule has 208 valence electrons. The molecular weight excluding hydrogens is 509 g/mol. The van der Waals surface area contributed by atoms with Crippen molar-refractivity contribution in [3.63, 3.8) is 0 Å². The molecule has 1 aliphatic heterocycles. The lowest BCUT2D eigenvalue weighted by Crippen LogP contribution is -2.53. The third-order valence-electron chi connectivity index (χ3n) is 7.11. The van der Waals surface area contributed by atoms with Crippen LogP contribution in [0.5, 0.6) is 5.75 Å². The van der Waals surface area contributed by atoms with Gasteiger partial charge in [-0.15, -0.1) is 0 Å². The number of alkyl halides is 3. The summed E-state index contributed by atoms with van der Waals surface area (Å²) in [6, 6.07) is 10.8. The second-order valence-electron chi connectivity index (χ2n) is 9.97. The molecule has 1 N–H and O–H groups in total. The number of aryl methyl sites for hydroxylation is 1. The molecule has 2 aromatic carbocycles. The predicted octanol–water partition coefficient (Wildman–Crippen LogP) is 2.89. The highest BCUT2D eigenvalue weighted by atomic mass is 19.4. The molecule has 0 unspecified atom stereocenters. The van der Waals surface area contributed by atoms with Gasteiger partial charge < -0.3 is 24.4 Å². The highest BCUT2D eigenvalue weighted by Crippen LogP contribution is 2.26. The summed E-state index contributed by atoms with van der Waals surface area (Å²) in [6.07, 6.45) is -2.15. The molecular formula is C29H33F3N4O3. The summed E-state index contributed by atoms with van der Waals surface area (Å²) in [5.41, 5.74) is 2.40. The number of halogens is 3. The quantitative estimate of drug-likeness (QED) is 0.476. The number of nitrogens with one attached hydrogen (secondary N) is 1. The van der Waals surface area contributed by atoms with Crippen LogP contribution in [0.4, 0.5) is 13.2 Å². The van der Waals surface area contributed by atoms with Gasteiger partial charge in [-0.1, -0.05) is 19.6 Å². The molecule has 7 nitrogen and oxygen atoms in total. The lowest BCUT2D eigenvalue weighted by Gasteiger charge is -2.40. The number of fused-ring (bicyclic) bond motifs is 1. The Kier molecular flexibility index (Phi) is 7.94. The number of carbonyl (C=O) groups excluding carboxylic acids is 2. The van der Waals surface area contributed by atoms with Crippen molar-refractivity contribution in [2.75, 3.05) is 40.3 Å². The van der Waals surface area contributed by atoms with Gasteiger partial charge in [-0.2, -0.15) is 13.2 Å². The van der Waals surface area contributed by atoms with Crippen molar-refractivity contribution in [3.8, 4) is 5.75 Å². The van der Waals surface area contributed by atoms with Gasteiger partial charge >= 0.3 is 6.18 Å². The summed E-state index contributed by atoms with van der Waals surface area (Å²) in [4.78, 5) is 29.5. The summed E-state index contributed by atoms with van der Waals surface area (Å²) in [6.45, 7) is 6.41. The molecule has 0 spiro atoms. The van der Waals surface area contributed by atoms with Crippen molar-refractivity contribution in [1.82, 2.24) is 19.7 Å². The van der Waals surface area contributed by atoms with Crippen LogP contribution in [0.15, 0.2) is 36.4 Å². The van der Waals surface area contributed by atoms with Gasteiger partial charge in [-0.3, -0.25) is 9.59 Å². The molecule has 39 heavy (non-hydrogen) atoms. The van der Waals surface area contributed by atoms with Gasteiger partial charge in [0.2, 0.25) is 0 Å². The smallest absolute Gasteiger partial charge is 0.405 e. The molecule has 0 aliphatic carbocycles. The Bertz CT molecular complexity index is 1510. The Balaban J connectivity index is 1.44. The first-order chi connectivity index (χ1) is 18.4. The fourth-order valence-electron chi connectivity index (χ4n) is 5.08. The van der Waals surface area contributed by atoms with Crippen molar-refractivity contribution in [1.29, 1.82) is 0 Å². The Hall–Kier alpha value is -3.95. The highest BCUT2D eigenvalue weighted by molar-refractivity contribution is 5.99. The van der Waals surface area contributed by atoms with Crippen LogP contribution in [-0.4, -0.2) is 72.7 Å². The number of methoxy groups -OCH3 is 1. The van der Waals surface area contributed by atoms with E-state index in [-0.39, 0.29) is 17.4 Å². The van der Waals surface area contributed by atoms with Gasteiger partial charge in [0, 0.05) is 68.1 Å². The fourth-order valence-corrected chi connectivity index (χ4v) is 5.08. The zero-order chi connectivity index (χ0) is 28.5. The minimum atomic E-state index is -4.48. The number of likely N-dealkylation sites (tertiary alicyclic amines) is 1. The number of rotatable bonds is 8. The molecule has 0 bridgehead atoms. The van der Waals surface area contributed by atoms with E-state index in [2.05, 4.69) is 6.58 Å². The zero-order valence-electron chi connectivity index (χ0n) is 22.6. The molecule has 2 heterocycles. The highest BCUT2D eigenvalue weighted by Gasteiger charge is 2.33. The number of hydrogen-bond acceptors (Lipinski definition) is 4. The number of aromatic nitrogens is 1. The fraction of sp³-hybridized carbons (Fsp3) is 0.379. The third-order valence-corrected chi connectivity index (χ3v) is 7.11. The predicted molar refractivity (Wildman–Crippen MR) is 145 cm³/mol. The van der Waals surface area contributed by atoms with Crippen LogP contribution >= 0.6 is 0 Å². The number of ether oxygens (including phenoxy) is 1. The molecule has 2 amide bonds. The molecule has 1 fully saturated rings. The van der Waals surface area contributed by atoms with E-state index in [1.165, 1.54) is 6.07 Å². The Morgan fingerprint density at radius 1 is 1.21 bits per heavy atom. The third kappa shape index (κ3) is 6.05. The average Bonchev–Trinajstić information content (AvgIpc) is 3.20.